The van der Waals surface area contributed by atoms with Crippen molar-refractivity contribution in [2.24, 2.45) is 0 Å². The van der Waals surface area contributed by atoms with E-state index < -0.39 is 0 Å². The molecule has 1 aromatic heterocycles. The van der Waals surface area contributed by atoms with Crippen LogP contribution in [0.3, 0.4) is 0 Å². The van der Waals surface area contributed by atoms with Gasteiger partial charge in [0.2, 0.25) is 5.91 Å². The van der Waals surface area contributed by atoms with Crippen molar-refractivity contribution in [3.05, 3.63) is 57.2 Å². The number of nitrogens with one attached hydrogen (secondary N) is 1. The molecule has 2 aromatic rings. The highest BCUT2D eigenvalue weighted by molar-refractivity contribution is 7.16. The minimum absolute atomic E-state index is 0.0335. The van der Waals surface area contributed by atoms with Gasteiger partial charge in [-0.25, -0.2) is 0 Å². The molecule has 23 heavy (non-hydrogen) atoms. The van der Waals surface area contributed by atoms with Gasteiger partial charge in [0.05, 0.1) is 10.4 Å². The molecule has 3 rings (SSSR count). The molecule has 2 atom stereocenters. The number of carbonyl (C=O) groups excluding carboxylic acids is 1. The predicted octanol–water partition coefficient (Wildman–Crippen LogP) is 4.42. The number of halogens is 1. The summed E-state index contributed by atoms with van der Waals surface area (Å²) >= 11 is 7.52. The third-order valence-electron chi connectivity index (χ3n) is 4.25. The number of likely N-dealkylation sites (tertiary alicyclic amines) is 1. The van der Waals surface area contributed by atoms with Crippen molar-refractivity contribution < 1.29 is 4.79 Å². The molecule has 0 aliphatic carbocycles. The SMILES string of the molecule is CC(NC(=O)C(c1ccccc1)N1CCCC1)c1ccc(Cl)s1. The van der Waals surface area contributed by atoms with Crippen LogP contribution in [0.5, 0.6) is 0 Å². The van der Waals surface area contributed by atoms with E-state index in [2.05, 4.69) is 10.2 Å². The lowest BCUT2D eigenvalue weighted by Gasteiger charge is -2.28. The maximum atomic E-state index is 12.9. The first-order chi connectivity index (χ1) is 11.1. The summed E-state index contributed by atoms with van der Waals surface area (Å²) in [6, 6.07) is 13.7. The van der Waals surface area contributed by atoms with Gasteiger partial charge in [0.25, 0.3) is 0 Å². The Balaban J connectivity index is 1.77. The Kier molecular flexibility index (Phi) is 5.36. The maximum absolute atomic E-state index is 12.9. The summed E-state index contributed by atoms with van der Waals surface area (Å²) in [5, 5.41) is 3.16. The number of hydrogen-bond acceptors (Lipinski definition) is 3. The molecule has 1 fully saturated rings. The normalized spacial score (nSPS) is 17.8. The minimum Gasteiger partial charge on any atom is -0.347 e. The molecule has 1 aliphatic rings. The molecule has 2 heterocycles. The zero-order valence-corrected chi connectivity index (χ0v) is 14.7. The van der Waals surface area contributed by atoms with Crippen LogP contribution in [0.2, 0.25) is 4.34 Å². The number of rotatable bonds is 5. The second kappa shape index (κ2) is 7.47. The van der Waals surface area contributed by atoms with Crippen molar-refractivity contribution in [2.75, 3.05) is 13.1 Å². The fraction of sp³-hybridized carbons (Fsp3) is 0.389. The Morgan fingerprint density at radius 2 is 1.87 bits per heavy atom. The smallest absolute Gasteiger partial charge is 0.242 e. The molecule has 1 amide bonds. The number of amides is 1. The Bertz CT molecular complexity index is 652. The van der Waals surface area contributed by atoms with Crippen molar-refractivity contribution in [3.8, 4) is 0 Å². The maximum Gasteiger partial charge on any atom is 0.242 e. The van der Waals surface area contributed by atoms with E-state index in [1.807, 2.05) is 49.4 Å². The van der Waals surface area contributed by atoms with Crippen LogP contribution in [0.1, 0.15) is 42.3 Å². The van der Waals surface area contributed by atoms with Crippen LogP contribution in [0.15, 0.2) is 42.5 Å². The average molecular weight is 349 g/mol. The first kappa shape index (κ1) is 16.5. The van der Waals surface area contributed by atoms with Gasteiger partial charge < -0.3 is 5.32 Å². The standard InChI is InChI=1S/C18H21ClN2OS/c1-13(15-9-10-16(19)23-15)20-18(22)17(21-11-5-6-12-21)14-7-3-2-4-8-14/h2-4,7-10,13,17H,5-6,11-12H2,1H3,(H,20,22). The first-order valence-electron chi connectivity index (χ1n) is 8.00. The molecule has 1 N–H and O–H groups in total. The largest absolute Gasteiger partial charge is 0.347 e. The van der Waals surface area contributed by atoms with Crippen molar-refractivity contribution in [1.82, 2.24) is 10.2 Å². The van der Waals surface area contributed by atoms with Gasteiger partial charge in [0.1, 0.15) is 6.04 Å². The van der Waals surface area contributed by atoms with Gasteiger partial charge >= 0.3 is 0 Å². The van der Waals surface area contributed by atoms with Crippen LogP contribution in [0.25, 0.3) is 0 Å². The minimum atomic E-state index is -0.211. The van der Waals surface area contributed by atoms with Gasteiger partial charge in [-0.1, -0.05) is 41.9 Å². The van der Waals surface area contributed by atoms with Crippen LogP contribution in [-0.4, -0.2) is 23.9 Å². The lowest BCUT2D eigenvalue weighted by molar-refractivity contribution is -0.127. The molecule has 1 aromatic carbocycles. The summed E-state index contributed by atoms with van der Waals surface area (Å²) in [6.45, 7) is 3.96. The molecule has 122 valence electrons. The molecule has 0 spiro atoms. The molecule has 3 nitrogen and oxygen atoms in total. The van der Waals surface area contributed by atoms with Crippen LogP contribution in [0, 0.1) is 0 Å². The second-order valence-corrected chi connectivity index (χ2v) is 7.68. The molecular weight excluding hydrogens is 328 g/mol. The molecule has 1 saturated heterocycles. The molecule has 0 bridgehead atoms. The highest BCUT2D eigenvalue weighted by Gasteiger charge is 2.30. The first-order valence-corrected chi connectivity index (χ1v) is 9.19. The molecular formula is C18H21ClN2OS. The van der Waals surface area contributed by atoms with Crippen LogP contribution in [-0.2, 0) is 4.79 Å². The Morgan fingerprint density at radius 1 is 1.17 bits per heavy atom. The van der Waals surface area contributed by atoms with E-state index in [0.29, 0.717) is 0 Å². The third kappa shape index (κ3) is 3.94. The van der Waals surface area contributed by atoms with Crippen LogP contribution >= 0.6 is 22.9 Å². The lowest BCUT2D eigenvalue weighted by Crippen LogP contribution is -2.40. The highest BCUT2D eigenvalue weighted by Crippen LogP contribution is 2.29. The Morgan fingerprint density at radius 3 is 2.48 bits per heavy atom. The number of hydrogen-bond donors (Lipinski definition) is 1. The van der Waals surface area contributed by atoms with E-state index in [1.54, 1.807) is 0 Å². The van der Waals surface area contributed by atoms with Gasteiger partial charge in [-0.3, -0.25) is 9.69 Å². The average Bonchev–Trinajstić information content (AvgIpc) is 3.20. The zero-order chi connectivity index (χ0) is 16.2. The van der Waals surface area contributed by atoms with Crippen LogP contribution < -0.4 is 5.32 Å². The Hall–Kier alpha value is -1.36. The lowest BCUT2D eigenvalue weighted by atomic mass is 10.0. The van der Waals surface area contributed by atoms with Gasteiger partial charge in [0.15, 0.2) is 0 Å². The number of thiophene rings is 1. The summed E-state index contributed by atoms with van der Waals surface area (Å²) in [7, 11) is 0. The molecule has 5 heteroatoms. The molecule has 0 saturated carbocycles. The van der Waals surface area contributed by atoms with Gasteiger partial charge in [-0.05, 0) is 50.6 Å². The Labute approximate surface area is 146 Å². The fourth-order valence-electron chi connectivity index (χ4n) is 3.09. The summed E-state index contributed by atoms with van der Waals surface area (Å²) in [5.41, 5.74) is 1.06. The molecule has 2 unspecified atom stereocenters. The van der Waals surface area contributed by atoms with Gasteiger partial charge in [-0.2, -0.15) is 0 Å². The molecule has 0 radical (unpaired) electrons. The topological polar surface area (TPSA) is 32.3 Å². The van der Waals surface area contributed by atoms with E-state index in [-0.39, 0.29) is 18.0 Å². The van der Waals surface area contributed by atoms with E-state index in [9.17, 15) is 4.79 Å². The second-order valence-electron chi connectivity index (χ2n) is 5.93. The summed E-state index contributed by atoms with van der Waals surface area (Å²) in [5.74, 6) is 0.0649. The van der Waals surface area contributed by atoms with Crippen molar-refractivity contribution >= 4 is 28.8 Å². The number of nitrogens with zero attached hydrogens (tertiary/aromatic N) is 1. The zero-order valence-electron chi connectivity index (χ0n) is 13.2. The van der Waals surface area contributed by atoms with Crippen molar-refractivity contribution in [3.63, 3.8) is 0 Å². The fourth-order valence-corrected chi connectivity index (χ4v) is 4.15. The van der Waals surface area contributed by atoms with Gasteiger partial charge in [-0.15, -0.1) is 11.3 Å². The van der Waals surface area contributed by atoms with E-state index >= 15 is 0 Å². The highest BCUT2D eigenvalue weighted by atomic mass is 35.5. The van der Waals surface area contributed by atoms with Crippen LogP contribution in [0.4, 0.5) is 0 Å². The summed E-state index contributed by atoms with van der Waals surface area (Å²) < 4.78 is 0.750. The predicted molar refractivity (Wildman–Crippen MR) is 95.9 cm³/mol. The monoisotopic (exact) mass is 348 g/mol. The van der Waals surface area contributed by atoms with Gasteiger partial charge in [0, 0.05) is 4.88 Å². The quantitative estimate of drug-likeness (QED) is 0.867. The molecule has 1 aliphatic heterocycles. The summed E-state index contributed by atoms with van der Waals surface area (Å²) in [4.78, 5) is 16.3. The van der Waals surface area contributed by atoms with Crippen molar-refractivity contribution in [2.45, 2.75) is 31.8 Å². The number of carbonyl (C=O) groups is 1. The van der Waals surface area contributed by atoms with E-state index in [1.165, 1.54) is 11.3 Å². The van der Waals surface area contributed by atoms with E-state index in [4.69, 9.17) is 11.6 Å². The third-order valence-corrected chi connectivity index (χ3v) is 5.66. The summed E-state index contributed by atoms with van der Waals surface area (Å²) in [6.07, 6.45) is 2.32. The van der Waals surface area contributed by atoms with Crippen molar-refractivity contribution in [1.29, 1.82) is 0 Å². The number of benzene rings is 1. The van der Waals surface area contributed by atoms with E-state index in [0.717, 1.165) is 40.7 Å².